The van der Waals surface area contributed by atoms with Gasteiger partial charge in [0.15, 0.2) is 0 Å². The number of amides is 1. The second-order valence-electron chi connectivity index (χ2n) is 9.48. The van der Waals surface area contributed by atoms with Crippen LogP contribution in [-0.4, -0.2) is 22.1 Å². The summed E-state index contributed by atoms with van der Waals surface area (Å²) in [7, 11) is 0. The Bertz CT molecular complexity index is 1120. The van der Waals surface area contributed by atoms with Crippen molar-refractivity contribution in [3.05, 3.63) is 59.8 Å². The fraction of sp³-hybridized carbons (Fsp3) is 0.385. The number of carbonyl (C=O) groups is 2. The van der Waals surface area contributed by atoms with Gasteiger partial charge in [0.2, 0.25) is 11.8 Å². The molecule has 1 N–H and O–H groups in total. The van der Waals surface area contributed by atoms with Gasteiger partial charge < -0.3 is 5.32 Å². The number of para-hydroxylation sites is 1. The SMILES string of the molecule is CC(C)(C)CC(=O)Nc1cccc(SCC(=O)n2c3c(c4ccccc42)CCCC3)c1. The predicted octanol–water partition coefficient (Wildman–Crippen LogP) is 6.33. The van der Waals surface area contributed by atoms with Gasteiger partial charge in [0.25, 0.3) is 0 Å². The first-order chi connectivity index (χ1) is 14.8. The molecule has 0 saturated carbocycles. The number of carbonyl (C=O) groups excluding carboxylic acids is 2. The van der Waals surface area contributed by atoms with E-state index in [1.807, 2.05) is 55.7 Å². The zero-order chi connectivity index (χ0) is 22.0. The van der Waals surface area contributed by atoms with E-state index in [9.17, 15) is 9.59 Å². The van der Waals surface area contributed by atoms with Crippen LogP contribution in [0.4, 0.5) is 5.69 Å². The van der Waals surface area contributed by atoms with Gasteiger partial charge in [-0.05, 0) is 60.9 Å². The smallest absolute Gasteiger partial charge is 0.241 e. The van der Waals surface area contributed by atoms with Crippen molar-refractivity contribution in [3.8, 4) is 0 Å². The first kappa shape index (κ1) is 21.7. The molecule has 5 heteroatoms. The highest BCUT2D eigenvalue weighted by atomic mass is 32.2. The molecule has 0 fully saturated rings. The van der Waals surface area contributed by atoms with E-state index in [4.69, 9.17) is 0 Å². The summed E-state index contributed by atoms with van der Waals surface area (Å²) in [5.41, 5.74) is 4.30. The molecular formula is C26H30N2O2S. The van der Waals surface area contributed by atoms with Gasteiger partial charge in [0.1, 0.15) is 0 Å². The van der Waals surface area contributed by atoms with Gasteiger partial charge in [-0.1, -0.05) is 45.0 Å². The molecule has 0 spiro atoms. The summed E-state index contributed by atoms with van der Waals surface area (Å²) in [6.07, 6.45) is 4.82. The topological polar surface area (TPSA) is 51.1 Å². The minimum Gasteiger partial charge on any atom is -0.326 e. The minimum atomic E-state index is -0.0540. The summed E-state index contributed by atoms with van der Waals surface area (Å²) in [5.74, 6) is 0.493. The Labute approximate surface area is 188 Å². The highest BCUT2D eigenvalue weighted by Gasteiger charge is 2.23. The molecule has 1 aliphatic carbocycles. The largest absolute Gasteiger partial charge is 0.326 e. The molecule has 1 aliphatic rings. The maximum Gasteiger partial charge on any atom is 0.241 e. The van der Waals surface area contributed by atoms with Gasteiger partial charge >= 0.3 is 0 Å². The van der Waals surface area contributed by atoms with Crippen molar-refractivity contribution < 1.29 is 9.59 Å². The molecular weight excluding hydrogens is 404 g/mol. The lowest BCUT2D eigenvalue weighted by Gasteiger charge is -2.17. The number of benzene rings is 2. The molecule has 1 aromatic heterocycles. The van der Waals surface area contributed by atoms with Crippen LogP contribution in [0.15, 0.2) is 53.4 Å². The maximum absolute atomic E-state index is 13.3. The van der Waals surface area contributed by atoms with Crippen molar-refractivity contribution in [1.82, 2.24) is 4.57 Å². The van der Waals surface area contributed by atoms with Crippen LogP contribution in [0.1, 0.15) is 56.1 Å². The number of rotatable bonds is 5. The van der Waals surface area contributed by atoms with Crippen molar-refractivity contribution in [1.29, 1.82) is 0 Å². The normalized spacial score (nSPS) is 13.8. The molecule has 1 amide bonds. The van der Waals surface area contributed by atoms with Crippen LogP contribution in [0, 0.1) is 5.41 Å². The summed E-state index contributed by atoms with van der Waals surface area (Å²) >= 11 is 1.52. The first-order valence-corrected chi connectivity index (χ1v) is 12.0. The van der Waals surface area contributed by atoms with Gasteiger partial charge in [-0.2, -0.15) is 0 Å². The van der Waals surface area contributed by atoms with Gasteiger partial charge in [0, 0.05) is 28.1 Å². The number of nitrogens with one attached hydrogen (secondary N) is 1. The molecule has 0 aliphatic heterocycles. The van der Waals surface area contributed by atoms with E-state index in [0.29, 0.717) is 12.2 Å². The van der Waals surface area contributed by atoms with Crippen LogP contribution in [0.5, 0.6) is 0 Å². The number of aromatic nitrogens is 1. The Morgan fingerprint density at radius 3 is 2.61 bits per heavy atom. The second kappa shape index (κ2) is 8.91. The van der Waals surface area contributed by atoms with E-state index < -0.39 is 0 Å². The minimum absolute atomic E-state index is 0.0103. The summed E-state index contributed by atoms with van der Waals surface area (Å²) < 4.78 is 1.95. The zero-order valence-corrected chi connectivity index (χ0v) is 19.3. The molecule has 0 unspecified atom stereocenters. The van der Waals surface area contributed by atoms with Crippen LogP contribution in [0.2, 0.25) is 0 Å². The first-order valence-electron chi connectivity index (χ1n) is 11.0. The third-order valence-electron chi connectivity index (χ3n) is 5.60. The van der Waals surface area contributed by atoms with Crippen LogP contribution in [0.3, 0.4) is 0 Å². The molecule has 2 aromatic carbocycles. The molecule has 31 heavy (non-hydrogen) atoms. The van der Waals surface area contributed by atoms with Crippen LogP contribution in [0.25, 0.3) is 10.9 Å². The van der Waals surface area contributed by atoms with Crippen molar-refractivity contribution >= 4 is 40.2 Å². The van der Waals surface area contributed by atoms with Gasteiger partial charge in [0.05, 0.1) is 11.3 Å². The summed E-state index contributed by atoms with van der Waals surface area (Å²) in [6, 6.07) is 16.0. The lowest BCUT2D eigenvalue weighted by molar-refractivity contribution is -0.117. The second-order valence-corrected chi connectivity index (χ2v) is 10.5. The molecule has 0 atom stereocenters. The van der Waals surface area contributed by atoms with E-state index >= 15 is 0 Å². The lowest BCUT2D eigenvalue weighted by Crippen LogP contribution is -2.19. The number of nitrogens with zero attached hydrogens (tertiary/aromatic N) is 1. The summed E-state index contributed by atoms with van der Waals surface area (Å²) in [6.45, 7) is 6.15. The standard InChI is InChI=1S/C26H30N2O2S/c1-26(2,3)16-24(29)27-18-9-8-10-19(15-18)31-17-25(30)28-22-13-6-4-11-20(22)21-12-5-7-14-23(21)28/h4,6,8-11,13,15H,5,7,12,14,16-17H2,1-3H3,(H,27,29). The lowest BCUT2D eigenvalue weighted by atomic mass is 9.92. The molecule has 1 heterocycles. The zero-order valence-electron chi connectivity index (χ0n) is 18.5. The Balaban J connectivity index is 1.48. The third-order valence-corrected chi connectivity index (χ3v) is 6.58. The maximum atomic E-state index is 13.3. The predicted molar refractivity (Wildman–Crippen MR) is 129 cm³/mol. The quantitative estimate of drug-likeness (QED) is 0.478. The molecule has 0 bridgehead atoms. The molecule has 0 saturated heterocycles. The highest BCUT2D eigenvalue weighted by molar-refractivity contribution is 8.00. The monoisotopic (exact) mass is 434 g/mol. The van der Waals surface area contributed by atoms with Crippen molar-refractivity contribution in [2.45, 2.75) is 57.8 Å². The summed E-state index contributed by atoms with van der Waals surface area (Å²) in [4.78, 5) is 26.5. The Morgan fingerprint density at radius 2 is 1.81 bits per heavy atom. The van der Waals surface area contributed by atoms with E-state index in [-0.39, 0.29) is 17.2 Å². The highest BCUT2D eigenvalue weighted by Crippen LogP contribution is 2.33. The molecule has 162 valence electrons. The van der Waals surface area contributed by atoms with Gasteiger partial charge in [-0.15, -0.1) is 11.8 Å². The van der Waals surface area contributed by atoms with Crippen molar-refractivity contribution in [2.75, 3.05) is 11.1 Å². The van der Waals surface area contributed by atoms with E-state index in [1.54, 1.807) is 0 Å². The number of hydrogen-bond acceptors (Lipinski definition) is 3. The van der Waals surface area contributed by atoms with Crippen LogP contribution in [-0.2, 0) is 17.6 Å². The number of anilines is 1. The average Bonchev–Trinajstić information content (AvgIpc) is 3.05. The van der Waals surface area contributed by atoms with Crippen LogP contribution >= 0.6 is 11.8 Å². The van der Waals surface area contributed by atoms with Crippen LogP contribution < -0.4 is 5.32 Å². The van der Waals surface area contributed by atoms with Crippen molar-refractivity contribution in [2.24, 2.45) is 5.41 Å². The number of thioether (sulfide) groups is 1. The Kier molecular flexibility index (Phi) is 6.24. The Morgan fingerprint density at radius 1 is 1.03 bits per heavy atom. The molecule has 0 radical (unpaired) electrons. The van der Waals surface area contributed by atoms with Gasteiger partial charge in [-0.25, -0.2) is 0 Å². The van der Waals surface area contributed by atoms with E-state index in [2.05, 4.69) is 23.5 Å². The fourth-order valence-corrected chi connectivity index (χ4v) is 5.14. The average molecular weight is 435 g/mol. The third kappa shape index (κ3) is 5.04. The number of fused-ring (bicyclic) bond motifs is 3. The number of hydrogen-bond donors (Lipinski definition) is 1. The number of aryl methyl sites for hydroxylation is 1. The van der Waals surface area contributed by atoms with Crippen molar-refractivity contribution in [3.63, 3.8) is 0 Å². The van der Waals surface area contributed by atoms with E-state index in [1.165, 1.54) is 34.8 Å². The molecule has 3 aromatic rings. The fourth-order valence-electron chi connectivity index (χ4n) is 4.34. The Hall–Kier alpha value is -2.53. The van der Waals surface area contributed by atoms with E-state index in [0.717, 1.165) is 35.4 Å². The molecule has 4 rings (SSSR count). The van der Waals surface area contributed by atoms with Gasteiger partial charge in [-0.3, -0.25) is 14.2 Å². The molecule has 4 nitrogen and oxygen atoms in total. The summed E-state index contributed by atoms with van der Waals surface area (Å²) in [5, 5.41) is 4.20.